The van der Waals surface area contributed by atoms with E-state index in [1.54, 1.807) is 11.8 Å². The van der Waals surface area contributed by atoms with Crippen molar-refractivity contribution in [1.82, 2.24) is 15.1 Å². The first-order chi connectivity index (χ1) is 20.6. The van der Waals surface area contributed by atoms with E-state index < -0.39 is 36.4 Å². The van der Waals surface area contributed by atoms with E-state index in [0.717, 1.165) is 61.6 Å². The minimum atomic E-state index is -2.74. The lowest BCUT2D eigenvalue weighted by Crippen LogP contribution is -2.45. The lowest BCUT2D eigenvalue weighted by Gasteiger charge is -2.33. The number of hydrogen-bond donors (Lipinski definition) is 6. The van der Waals surface area contributed by atoms with Gasteiger partial charge < -0.3 is 40.6 Å². The highest BCUT2D eigenvalue weighted by Gasteiger charge is 2.40. The topological polar surface area (TPSA) is 188 Å². The largest absolute Gasteiger partial charge is 0.507 e. The number of likely N-dealkylation sites (N-methyl/N-ethyl adjacent to an activating group) is 1. The van der Waals surface area contributed by atoms with Crippen molar-refractivity contribution >= 4 is 35.6 Å². The van der Waals surface area contributed by atoms with E-state index in [4.69, 9.17) is 20.4 Å². The molecule has 6 N–H and O–H groups in total. The number of benzene rings is 1. The van der Waals surface area contributed by atoms with Crippen LogP contribution in [0.5, 0.6) is 5.75 Å². The first kappa shape index (κ1) is 40.2. The smallest absolute Gasteiger partial charge is 0.336 e. The van der Waals surface area contributed by atoms with Gasteiger partial charge >= 0.3 is 17.9 Å². The molecule has 0 aromatic heterocycles. The predicted octanol–water partition coefficient (Wildman–Crippen LogP) is 2.77. The zero-order valence-electron chi connectivity index (χ0n) is 28.0. The van der Waals surface area contributed by atoms with Crippen molar-refractivity contribution < 1.29 is 44.7 Å². The number of phenols is 1. The maximum absolute atomic E-state index is 13.2. The van der Waals surface area contributed by atoms with Crippen molar-refractivity contribution in [2.75, 3.05) is 52.6 Å². The molecule has 1 heterocycles. The average Bonchev–Trinajstić information content (AvgIpc) is 2.86. The highest BCUT2D eigenvalue weighted by molar-refractivity contribution is 8.00. The van der Waals surface area contributed by atoms with Crippen molar-refractivity contribution in [3.05, 3.63) is 28.8 Å². The van der Waals surface area contributed by atoms with Gasteiger partial charge in [0.1, 0.15) is 5.75 Å². The summed E-state index contributed by atoms with van der Waals surface area (Å²) < 4.78 is 0. The van der Waals surface area contributed by atoms with E-state index in [9.17, 15) is 24.3 Å². The van der Waals surface area contributed by atoms with Crippen molar-refractivity contribution in [2.24, 2.45) is 0 Å². The molecule has 1 aromatic carbocycles. The second-order valence-corrected chi connectivity index (χ2v) is 15.1. The van der Waals surface area contributed by atoms with Gasteiger partial charge in [-0.05, 0) is 61.0 Å². The third-order valence-electron chi connectivity index (χ3n) is 7.28. The van der Waals surface area contributed by atoms with E-state index >= 15 is 0 Å². The summed E-state index contributed by atoms with van der Waals surface area (Å²) in [5, 5.41) is 48.2. The number of thioether (sulfide) groups is 1. The SMILES string of the molecule is CN(C)CCNCCCN1CCSC(Cc2cc(C(C)(C)C)c(O)c(C(C)(C)C)c2)C1=O.O=C(O)CC(O)(CC(=O)O)C(=O)O. The summed E-state index contributed by atoms with van der Waals surface area (Å²) in [7, 11) is 4.16. The molecule has 0 spiro atoms. The number of aliphatic hydroxyl groups is 1. The minimum Gasteiger partial charge on any atom is -0.507 e. The predicted molar refractivity (Wildman–Crippen MR) is 175 cm³/mol. The van der Waals surface area contributed by atoms with Crippen molar-refractivity contribution in [3.63, 3.8) is 0 Å². The zero-order valence-corrected chi connectivity index (χ0v) is 28.8. The van der Waals surface area contributed by atoms with Gasteiger partial charge in [0.15, 0.2) is 5.60 Å². The number of hydrogen-bond acceptors (Lipinski definition) is 9. The molecule has 1 unspecified atom stereocenters. The van der Waals surface area contributed by atoms with Gasteiger partial charge in [-0.25, -0.2) is 4.79 Å². The normalized spacial score (nSPS) is 15.9. The number of aliphatic carboxylic acids is 3. The molecule has 256 valence electrons. The van der Waals surface area contributed by atoms with Gasteiger partial charge in [-0.2, -0.15) is 0 Å². The molecule has 12 nitrogen and oxygen atoms in total. The molecular formula is C32H53N3O9S. The molecule has 1 aromatic rings. The fourth-order valence-corrected chi connectivity index (χ4v) is 5.98. The van der Waals surface area contributed by atoms with Crippen LogP contribution >= 0.6 is 11.8 Å². The fraction of sp³-hybridized carbons (Fsp3) is 0.688. The van der Waals surface area contributed by atoms with Crippen molar-refractivity contribution in [3.8, 4) is 5.75 Å². The number of carbonyl (C=O) groups is 4. The molecule has 1 atom stereocenters. The van der Waals surface area contributed by atoms with E-state index in [1.807, 2.05) is 4.90 Å². The molecular weight excluding hydrogens is 602 g/mol. The molecule has 2 rings (SSSR count). The monoisotopic (exact) mass is 655 g/mol. The summed E-state index contributed by atoms with van der Waals surface area (Å²) in [6.45, 7) is 17.4. The molecule has 0 bridgehead atoms. The number of carbonyl (C=O) groups excluding carboxylic acids is 1. The summed E-state index contributed by atoms with van der Waals surface area (Å²) in [5.41, 5.74) is 0.0288. The van der Waals surface area contributed by atoms with Crippen LogP contribution in [0.2, 0.25) is 0 Å². The van der Waals surface area contributed by atoms with Crippen LogP contribution in [0.15, 0.2) is 12.1 Å². The van der Waals surface area contributed by atoms with Crippen LogP contribution in [0, 0.1) is 0 Å². The molecule has 0 radical (unpaired) electrons. The highest BCUT2D eigenvalue weighted by atomic mass is 32.2. The molecule has 1 aliphatic heterocycles. The van der Waals surface area contributed by atoms with Crippen molar-refractivity contribution in [1.29, 1.82) is 0 Å². The van der Waals surface area contributed by atoms with Crippen LogP contribution in [0.1, 0.15) is 77.5 Å². The van der Waals surface area contributed by atoms with E-state index in [0.29, 0.717) is 12.2 Å². The number of carboxylic acid groups (broad SMARTS) is 3. The Morgan fingerprint density at radius 1 is 0.956 bits per heavy atom. The van der Waals surface area contributed by atoms with Gasteiger partial charge in [0.25, 0.3) is 0 Å². The number of amides is 1. The van der Waals surface area contributed by atoms with Crippen LogP contribution in [-0.4, -0.2) is 123 Å². The van der Waals surface area contributed by atoms with Crippen LogP contribution < -0.4 is 5.32 Å². The van der Waals surface area contributed by atoms with Gasteiger partial charge in [0, 0.05) is 31.9 Å². The number of rotatable bonds is 14. The Balaban J connectivity index is 0.000000656. The Kier molecular flexibility index (Phi) is 15.3. The van der Waals surface area contributed by atoms with Gasteiger partial charge in [-0.3, -0.25) is 14.4 Å². The highest BCUT2D eigenvalue weighted by Crippen LogP contribution is 2.40. The third kappa shape index (κ3) is 13.6. The minimum absolute atomic E-state index is 0.0457. The zero-order chi connectivity index (χ0) is 34.8. The van der Waals surface area contributed by atoms with E-state index in [1.165, 1.54) is 0 Å². The second kappa shape index (κ2) is 17.2. The van der Waals surface area contributed by atoms with Crippen molar-refractivity contribution in [2.45, 2.75) is 88.9 Å². The Bertz CT molecular complexity index is 1120. The molecule has 1 fully saturated rings. The lowest BCUT2D eigenvalue weighted by atomic mass is 9.78. The Morgan fingerprint density at radius 2 is 1.47 bits per heavy atom. The molecule has 0 aliphatic carbocycles. The average molecular weight is 656 g/mol. The first-order valence-electron chi connectivity index (χ1n) is 15.1. The Hall–Kier alpha value is -2.87. The summed E-state index contributed by atoms with van der Waals surface area (Å²) in [6.07, 6.45) is -0.588. The summed E-state index contributed by atoms with van der Waals surface area (Å²) >= 11 is 1.78. The standard InChI is InChI=1S/C26H45N3O2S.C6H8O7/c1-25(2,3)20-16-19(17-21(23(20)30)26(4,5)6)18-22-24(31)29(14-15-32-22)12-9-10-27-11-13-28(7)8;7-3(8)1-6(13,5(11)12)2-4(9)10/h16-17,22,27,30H,9-15,18H2,1-8H3;13H,1-2H2,(H,7,8)(H,9,10)(H,11,12). The maximum Gasteiger partial charge on any atom is 0.336 e. The molecule has 1 saturated heterocycles. The van der Waals surface area contributed by atoms with Crippen LogP contribution in [0.4, 0.5) is 0 Å². The van der Waals surface area contributed by atoms with E-state index in [-0.39, 0.29) is 22.0 Å². The number of nitrogens with zero attached hydrogens (tertiary/aromatic N) is 2. The number of carboxylic acids is 3. The van der Waals surface area contributed by atoms with Crippen LogP contribution in [0.25, 0.3) is 0 Å². The first-order valence-corrected chi connectivity index (χ1v) is 16.2. The molecule has 1 amide bonds. The number of aromatic hydroxyl groups is 1. The molecule has 1 aliphatic rings. The summed E-state index contributed by atoms with van der Waals surface area (Å²) in [4.78, 5) is 47.9. The lowest BCUT2D eigenvalue weighted by molar-refractivity contribution is -0.170. The second-order valence-electron chi connectivity index (χ2n) is 13.8. The number of nitrogens with one attached hydrogen (secondary N) is 1. The van der Waals surface area contributed by atoms with Crippen LogP contribution in [0.3, 0.4) is 0 Å². The Morgan fingerprint density at radius 3 is 1.89 bits per heavy atom. The van der Waals surface area contributed by atoms with Gasteiger partial charge in [0.2, 0.25) is 5.91 Å². The fourth-order valence-electron chi connectivity index (χ4n) is 4.76. The van der Waals surface area contributed by atoms with Crippen LogP contribution in [-0.2, 0) is 36.4 Å². The third-order valence-corrected chi connectivity index (χ3v) is 8.47. The van der Waals surface area contributed by atoms with Gasteiger partial charge in [-0.1, -0.05) is 53.7 Å². The van der Waals surface area contributed by atoms with Gasteiger partial charge in [-0.15, -0.1) is 11.8 Å². The maximum atomic E-state index is 13.2. The summed E-state index contributed by atoms with van der Waals surface area (Å²) in [6, 6.07) is 4.23. The van der Waals surface area contributed by atoms with E-state index in [2.05, 4.69) is 78.0 Å². The quantitative estimate of drug-likeness (QED) is 0.161. The summed E-state index contributed by atoms with van der Waals surface area (Å²) in [5.74, 6) is -3.37. The number of phenolic OH excluding ortho intramolecular Hbond substituents is 1. The van der Waals surface area contributed by atoms with Gasteiger partial charge in [0.05, 0.1) is 18.1 Å². The Labute approximate surface area is 271 Å². The molecule has 0 saturated carbocycles. The molecule has 45 heavy (non-hydrogen) atoms. The molecule has 13 heteroatoms.